The van der Waals surface area contributed by atoms with E-state index in [2.05, 4.69) is 15.9 Å². The number of nitrogen functional groups attached to an aromatic ring is 1. The Morgan fingerprint density at radius 3 is 2.87 bits per heavy atom. The third kappa shape index (κ3) is 1.92. The van der Waals surface area contributed by atoms with Crippen molar-refractivity contribution in [2.75, 3.05) is 12.3 Å². The van der Waals surface area contributed by atoms with Gasteiger partial charge in [0.05, 0.1) is 0 Å². The van der Waals surface area contributed by atoms with Crippen molar-refractivity contribution >= 4 is 27.7 Å². The first-order valence-electron chi connectivity index (χ1n) is 4.62. The van der Waals surface area contributed by atoms with Crippen molar-refractivity contribution in [1.29, 1.82) is 0 Å². The van der Waals surface area contributed by atoms with Gasteiger partial charge in [-0.1, -0.05) is 0 Å². The van der Waals surface area contributed by atoms with Crippen molar-refractivity contribution in [3.63, 3.8) is 0 Å². The smallest absolute Gasteiger partial charge is 0.407 e. The highest BCUT2D eigenvalue weighted by Gasteiger charge is 2.20. The number of hydrogen-bond donors (Lipinski definition) is 2. The zero-order chi connectivity index (χ0) is 11.0. The molecule has 0 aliphatic carbocycles. The average Bonchev–Trinajstić information content (AvgIpc) is 2.19. The largest absolute Gasteiger partial charge is 0.465 e. The monoisotopic (exact) mass is 270 g/mol. The van der Waals surface area contributed by atoms with Gasteiger partial charge in [-0.3, -0.25) is 0 Å². The van der Waals surface area contributed by atoms with Crippen molar-refractivity contribution in [3.05, 3.63) is 27.7 Å². The summed E-state index contributed by atoms with van der Waals surface area (Å²) in [5, 5.41) is 8.88. The summed E-state index contributed by atoms with van der Waals surface area (Å²) in [6, 6.07) is 3.82. The summed E-state index contributed by atoms with van der Waals surface area (Å²) in [4.78, 5) is 12.2. The number of carbonyl (C=O) groups is 1. The predicted molar refractivity (Wildman–Crippen MR) is 60.7 cm³/mol. The molecule has 0 fully saturated rings. The Labute approximate surface area is 95.8 Å². The van der Waals surface area contributed by atoms with E-state index in [0.29, 0.717) is 18.8 Å². The zero-order valence-corrected chi connectivity index (χ0v) is 9.62. The van der Waals surface area contributed by atoms with E-state index in [1.54, 1.807) is 0 Å². The molecular weight excluding hydrogens is 260 g/mol. The lowest BCUT2D eigenvalue weighted by Gasteiger charge is -2.26. The second-order valence-corrected chi connectivity index (χ2v) is 4.45. The number of nitrogens with two attached hydrogens (primary N) is 1. The summed E-state index contributed by atoms with van der Waals surface area (Å²) in [6.45, 7) is 0.993. The third-order valence-electron chi connectivity index (χ3n) is 2.60. The van der Waals surface area contributed by atoms with Crippen LogP contribution in [0.3, 0.4) is 0 Å². The molecule has 1 amide bonds. The van der Waals surface area contributed by atoms with Crippen molar-refractivity contribution < 1.29 is 9.90 Å². The summed E-state index contributed by atoms with van der Waals surface area (Å²) in [5.41, 5.74) is 8.65. The maximum absolute atomic E-state index is 10.8. The number of rotatable bonds is 0. The second-order valence-electron chi connectivity index (χ2n) is 3.60. The van der Waals surface area contributed by atoms with E-state index in [1.165, 1.54) is 4.90 Å². The lowest BCUT2D eigenvalue weighted by Crippen LogP contribution is -2.34. The number of hydrogen-bond acceptors (Lipinski definition) is 2. The standard InChI is InChI=1S/C10H11BrN2O2/c11-8-3-7-5-13(10(14)15)2-1-6(7)4-9(8)12/h3-4H,1-2,5,12H2,(H,14,15). The highest BCUT2D eigenvalue weighted by atomic mass is 79.9. The van der Waals surface area contributed by atoms with Gasteiger partial charge in [-0.05, 0) is 45.6 Å². The minimum absolute atomic E-state index is 0.448. The van der Waals surface area contributed by atoms with Gasteiger partial charge in [0.1, 0.15) is 0 Å². The topological polar surface area (TPSA) is 66.6 Å². The summed E-state index contributed by atoms with van der Waals surface area (Å²) in [5.74, 6) is 0. The molecule has 0 unspecified atom stereocenters. The Bertz CT molecular complexity index is 420. The quantitative estimate of drug-likeness (QED) is 0.710. The first-order chi connectivity index (χ1) is 7.08. The Hall–Kier alpha value is -1.23. The Morgan fingerprint density at radius 1 is 1.47 bits per heavy atom. The maximum Gasteiger partial charge on any atom is 0.407 e. The van der Waals surface area contributed by atoms with E-state index in [0.717, 1.165) is 22.0 Å². The molecule has 80 valence electrons. The number of halogens is 1. The van der Waals surface area contributed by atoms with E-state index in [9.17, 15) is 4.79 Å². The molecule has 1 aromatic rings. The molecule has 4 nitrogen and oxygen atoms in total. The minimum atomic E-state index is -0.867. The van der Waals surface area contributed by atoms with Crippen LogP contribution in [-0.4, -0.2) is 22.6 Å². The molecule has 0 radical (unpaired) electrons. The van der Waals surface area contributed by atoms with E-state index >= 15 is 0 Å². The van der Waals surface area contributed by atoms with E-state index in [-0.39, 0.29) is 0 Å². The zero-order valence-electron chi connectivity index (χ0n) is 8.03. The van der Waals surface area contributed by atoms with Gasteiger partial charge in [0.25, 0.3) is 0 Å². The van der Waals surface area contributed by atoms with E-state index < -0.39 is 6.09 Å². The second kappa shape index (κ2) is 3.73. The summed E-state index contributed by atoms with van der Waals surface area (Å²) >= 11 is 3.34. The van der Waals surface area contributed by atoms with Crippen LogP contribution in [0.5, 0.6) is 0 Å². The lowest BCUT2D eigenvalue weighted by atomic mass is 9.99. The van der Waals surface area contributed by atoms with Crippen LogP contribution >= 0.6 is 15.9 Å². The van der Waals surface area contributed by atoms with E-state index in [4.69, 9.17) is 10.8 Å². The molecule has 0 bridgehead atoms. The van der Waals surface area contributed by atoms with Crippen LogP contribution in [0.15, 0.2) is 16.6 Å². The Balaban J connectivity index is 2.34. The van der Waals surface area contributed by atoms with Gasteiger partial charge in [-0.2, -0.15) is 0 Å². The van der Waals surface area contributed by atoms with Gasteiger partial charge < -0.3 is 15.7 Å². The van der Waals surface area contributed by atoms with E-state index in [1.807, 2.05) is 12.1 Å². The molecule has 1 aliphatic heterocycles. The van der Waals surface area contributed by atoms with Gasteiger partial charge in [0.15, 0.2) is 0 Å². The van der Waals surface area contributed by atoms with Crippen molar-refractivity contribution in [1.82, 2.24) is 4.90 Å². The van der Waals surface area contributed by atoms with Crippen LogP contribution in [0.1, 0.15) is 11.1 Å². The molecule has 2 rings (SSSR count). The normalized spacial score (nSPS) is 14.9. The number of carboxylic acid groups (broad SMARTS) is 1. The molecule has 1 aliphatic rings. The number of benzene rings is 1. The number of nitrogens with zero attached hydrogens (tertiary/aromatic N) is 1. The molecular formula is C10H11BrN2O2. The Kier molecular flexibility index (Phi) is 2.56. The van der Waals surface area contributed by atoms with Gasteiger partial charge in [-0.25, -0.2) is 4.79 Å². The van der Waals surface area contributed by atoms with Gasteiger partial charge in [-0.15, -0.1) is 0 Å². The highest BCUT2D eigenvalue weighted by molar-refractivity contribution is 9.10. The lowest BCUT2D eigenvalue weighted by molar-refractivity contribution is 0.140. The van der Waals surface area contributed by atoms with Gasteiger partial charge in [0.2, 0.25) is 0 Å². The van der Waals surface area contributed by atoms with Gasteiger partial charge >= 0.3 is 6.09 Å². The van der Waals surface area contributed by atoms with Crippen molar-refractivity contribution in [2.24, 2.45) is 0 Å². The molecule has 3 N–H and O–H groups in total. The van der Waals surface area contributed by atoms with Crippen LogP contribution < -0.4 is 5.73 Å². The molecule has 0 saturated heterocycles. The summed E-state index contributed by atoms with van der Waals surface area (Å²) < 4.78 is 0.827. The van der Waals surface area contributed by atoms with Crippen molar-refractivity contribution in [2.45, 2.75) is 13.0 Å². The predicted octanol–water partition coefficient (Wildman–Crippen LogP) is 2.07. The summed E-state index contributed by atoms with van der Waals surface area (Å²) in [7, 11) is 0. The van der Waals surface area contributed by atoms with Crippen LogP contribution in [0.2, 0.25) is 0 Å². The molecule has 1 heterocycles. The van der Waals surface area contributed by atoms with Gasteiger partial charge in [0, 0.05) is 23.2 Å². The van der Waals surface area contributed by atoms with Crippen LogP contribution in [0.4, 0.5) is 10.5 Å². The molecule has 1 aromatic carbocycles. The van der Waals surface area contributed by atoms with Crippen molar-refractivity contribution in [3.8, 4) is 0 Å². The fourth-order valence-corrected chi connectivity index (χ4v) is 2.15. The summed E-state index contributed by atoms with van der Waals surface area (Å²) in [6.07, 6.45) is -0.132. The van der Waals surface area contributed by atoms with Crippen LogP contribution in [-0.2, 0) is 13.0 Å². The minimum Gasteiger partial charge on any atom is -0.465 e. The van der Waals surface area contributed by atoms with Crippen LogP contribution in [0, 0.1) is 0 Å². The highest BCUT2D eigenvalue weighted by Crippen LogP contribution is 2.27. The SMILES string of the molecule is Nc1cc2c(cc1Br)CN(C(=O)O)CC2. The fraction of sp³-hybridized carbons (Fsp3) is 0.300. The fourth-order valence-electron chi connectivity index (χ4n) is 1.76. The third-order valence-corrected chi connectivity index (χ3v) is 3.29. The first kappa shape index (κ1) is 10.3. The Morgan fingerprint density at radius 2 is 2.20 bits per heavy atom. The average molecular weight is 271 g/mol. The maximum atomic E-state index is 10.8. The first-order valence-corrected chi connectivity index (χ1v) is 5.42. The molecule has 0 atom stereocenters. The molecule has 0 aromatic heterocycles. The molecule has 0 spiro atoms. The molecule has 15 heavy (non-hydrogen) atoms. The number of amides is 1. The molecule has 5 heteroatoms. The number of fused-ring (bicyclic) bond motifs is 1. The molecule has 0 saturated carbocycles. The number of anilines is 1. The van der Waals surface area contributed by atoms with Crippen LogP contribution in [0.25, 0.3) is 0 Å².